The van der Waals surface area contributed by atoms with Crippen LogP contribution in [0.15, 0.2) is 0 Å². The van der Waals surface area contributed by atoms with Crippen molar-refractivity contribution in [3.05, 3.63) is 0 Å². The van der Waals surface area contributed by atoms with E-state index in [4.69, 9.17) is 0 Å². The summed E-state index contributed by atoms with van der Waals surface area (Å²) < 4.78 is 0. The Kier molecular flexibility index (Phi) is 7.25. The van der Waals surface area contributed by atoms with Crippen molar-refractivity contribution in [2.75, 3.05) is 19.6 Å². The van der Waals surface area contributed by atoms with E-state index in [-0.39, 0.29) is 0 Å². The quantitative estimate of drug-likeness (QED) is 0.780. The highest BCUT2D eigenvalue weighted by atomic mass is 15.2. The van der Waals surface area contributed by atoms with Gasteiger partial charge in [0.2, 0.25) is 0 Å². The summed E-state index contributed by atoms with van der Waals surface area (Å²) in [4.78, 5) is 2.74. The molecule has 18 heavy (non-hydrogen) atoms. The van der Waals surface area contributed by atoms with Gasteiger partial charge in [-0.3, -0.25) is 4.90 Å². The molecule has 0 aromatic heterocycles. The van der Waals surface area contributed by atoms with Crippen LogP contribution in [0.2, 0.25) is 0 Å². The van der Waals surface area contributed by atoms with Gasteiger partial charge in [0.05, 0.1) is 0 Å². The van der Waals surface area contributed by atoms with E-state index in [1.165, 1.54) is 45.3 Å². The first-order valence-corrected chi connectivity index (χ1v) is 8.09. The van der Waals surface area contributed by atoms with Gasteiger partial charge in [0.25, 0.3) is 0 Å². The van der Waals surface area contributed by atoms with Crippen LogP contribution in [0.3, 0.4) is 0 Å². The Morgan fingerprint density at radius 3 is 2.39 bits per heavy atom. The third-order valence-electron chi connectivity index (χ3n) is 5.00. The maximum Gasteiger partial charge on any atom is 0.0220 e. The van der Waals surface area contributed by atoms with Gasteiger partial charge in [0.1, 0.15) is 0 Å². The summed E-state index contributed by atoms with van der Waals surface area (Å²) in [5, 5.41) is 3.76. The molecule has 108 valence electrons. The van der Waals surface area contributed by atoms with E-state index < -0.39 is 0 Å². The topological polar surface area (TPSA) is 15.3 Å². The van der Waals surface area contributed by atoms with Crippen molar-refractivity contribution in [3.8, 4) is 0 Å². The van der Waals surface area contributed by atoms with Gasteiger partial charge in [-0.05, 0) is 31.7 Å². The third kappa shape index (κ3) is 4.55. The molecule has 3 atom stereocenters. The molecule has 0 radical (unpaired) electrons. The molecule has 2 nitrogen and oxygen atoms in total. The van der Waals surface area contributed by atoms with E-state index in [0.29, 0.717) is 6.04 Å². The lowest BCUT2D eigenvalue weighted by Crippen LogP contribution is -2.45. The van der Waals surface area contributed by atoms with Crippen LogP contribution in [0, 0.1) is 11.8 Å². The Balaban J connectivity index is 2.61. The van der Waals surface area contributed by atoms with Crippen molar-refractivity contribution >= 4 is 0 Å². The molecule has 2 heteroatoms. The maximum absolute atomic E-state index is 3.76. The number of rotatable bonds is 6. The Labute approximate surface area is 115 Å². The summed E-state index contributed by atoms with van der Waals surface area (Å²) in [6.45, 7) is 15.5. The van der Waals surface area contributed by atoms with Gasteiger partial charge in [-0.25, -0.2) is 0 Å². The third-order valence-corrected chi connectivity index (χ3v) is 5.00. The molecule has 0 aromatic carbocycles. The van der Waals surface area contributed by atoms with Gasteiger partial charge in [0.15, 0.2) is 0 Å². The highest BCUT2D eigenvalue weighted by Crippen LogP contribution is 2.19. The molecule has 1 rings (SSSR count). The zero-order valence-corrected chi connectivity index (χ0v) is 13.2. The summed E-state index contributed by atoms with van der Waals surface area (Å²) in [5.74, 6) is 1.67. The Morgan fingerprint density at radius 1 is 1.17 bits per heavy atom. The molecule has 1 heterocycles. The zero-order chi connectivity index (χ0) is 13.5. The van der Waals surface area contributed by atoms with Crippen molar-refractivity contribution in [2.45, 2.75) is 72.4 Å². The minimum atomic E-state index is 0.689. The zero-order valence-electron chi connectivity index (χ0n) is 13.2. The lowest BCUT2D eigenvalue weighted by atomic mass is 9.97. The number of nitrogens with one attached hydrogen (secondary N) is 1. The number of hydrogen-bond donors (Lipinski definition) is 1. The fraction of sp³-hybridized carbons (Fsp3) is 1.00. The largest absolute Gasteiger partial charge is 0.312 e. The first-order valence-electron chi connectivity index (χ1n) is 8.09. The lowest BCUT2D eigenvalue weighted by Gasteiger charge is -2.33. The van der Waals surface area contributed by atoms with Crippen LogP contribution in [0.5, 0.6) is 0 Å². The van der Waals surface area contributed by atoms with Gasteiger partial charge in [-0.2, -0.15) is 0 Å². The van der Waals surface area contributed by atoms with Crippen molar-refractivity contribution in [2.24, 2.45) is 11.8 Å². The Hall–Kier alpha value is -0.0800. The van der Waals surface area contributed by atoms with E-state index in [0.717, 1.165) is 17.9 Å². The molecule has 0 spiro atoms. The molecule has 0 bridgehead atoms. The average molecular weight is 254 g/mol. The summed E-state index contributed by atoms with van der Waals surface area (Å²) >= 11 is 0. The second kappa shape index (κ2) is 8.16. The van der Waals surface area contributed by atoms with E-state index in [2.05, 4.69) is 44.8 Å². The number of nitrogens with zero attached hydrogens (tertiary/aromatic N) is 1. The first kappa shape index (κ1) is 16.0. The minimum Gasteiger partial charge on any atom is -0.312 e. The molecule has 1 aliphatic rings. The second-order valence-electron chi connectivity index (χ2n) is 6.22. The molecule has 1 aliphatic heterocycles. The molecule has 1 N–H and O–H groups in total. The molecule has 1 saturated heterocycles. The second-order valence-corrected chi connectivity index (χ2v) is 6.22. The highest BCUT2D eigenvalue weighted by Gasteiger charge is 2.26. The van der Waals surface area contributed by atoms with Gasteiger partial charge in [-0.15, -0.1) is 0 Å². The van der Waals surface area contributed by atoms with Crippen LogP contribution in [-0.2, 0) is 0 Å². The Bertz CT molecular complexity index is 213. The summed E-state index contributed by atoms with van der Waals surface area (Å²) in [6.07, 6.45) is 5.22. The van der Waals surface area contributed by atoms with Crippen molar-refractivity contribution < 1.29 is 0 Å². The average Bonchev–Trinajstić information content (AvgIpc) is 2.57. The normalized spacial score (nSPS) is 28.3. The summed E-state index contributed by atoms with van der Waals surface area (Å²) in [7, 11) is 0. The van der Waals surface area contributed by atoms with Crippen molar-refractivity contribution in [1.82, 2.24) is 10.2 Å². The van der Waals surface area contributed by atoms with Gasteiger partial charge < -0.3 is 5.32 Å². The minimum absolute atomic E-state index is 0.689. The molecule has 0 saturated carbocycles. The first-order chi connectivity index (χ1) is 8.62. The summed E-state index contributed by atoms with van der Waals surface area (Å²) in [6, 6.07) is 1.43. The standard InChI is InChI=1S/C16H34N2/c1-6-13(4)16-12-18(11-15(7-2)8-3)14(5)9-10-17-16/h13-17H,6-12H2,1-5H3. The fourth-order valence-corrected chi connectivity index (χ4v) is 2.96. The smallest absolute Gasteiger partial charge is 0.0220 e. The van der Waals surface area contributed by atoms with Crippen LogP contribution in [0.1, 0.15) is 60.3 Å². The fourth-order valence-electron chi connectivity index (χ4n) is 2.96. The van der Waals surface area contributed by atoms with Crippen molar-refractivity contribution in [1.29, 1.82) is 0 Å². The van der Waals surface area contributed by atoms with Crippen LogP contribution < -0.4 is 5.32 Å². The molecule has 3 unspecified atom stereocenters. The highest BCUT2D eigenvalue weighted by molar-refractivity contribution is 4.84. The molecular formula is C16H34N2. The van der Waals surface area contributed by atoms with Crippen LogP contribution in [-0.4, -0.2) is 36.6 Å². The molecule has 0 aliphatic carbocycles. The monoisotopic (exact) mass is 254 g/mol. The van der Waals surface area contributed by atoms with E-state index in [9.17, 15) is 0 Å². The van der Waals surface area contributed by atoms with Gasteiger partial charge in [0, 0.05) is 25.2 Å². The van der Waals surface area contributed by atoms with E-state index in [1.807, 2.05) is 0 Å². The maximum atomic E-state index is 3.76. The van der Waals surface area contributed by atoms with Gasteiger partial charge in [-0.1, -0.05) is 47.0 Å². The molecule has 1 fully saturated rings. The van der Waals surface area contributed by atoms with Gasteiger partial charge >= 0.3 is 0 Å². The Morgan fingerprint density at radius 2 is 1.83 bits per heavy atom. The van der Waals surface area contributed by atoms with Crippen LogP contribution >= 0.6 is 0 Å². The number of hydrogen-bond acceptors (Lipinski definition) is 2. The van der Waals surface area contributed by atoms with Crippen LogP contribution in [0.25, 0.3) is 0 Å². The molecular weight excluding hydrogens is 220 g/mol. The molecule has 0 amide bonds. The summed E-state index contributed by atoms with van der Waals surface area (Å²) in [5.41, 5.74) is 0. The van der Waals surface area contributed by atoms with E-state index >= 15 is 0 Å². The lowest BCUT2D eigenvalue weighted by molar-refractivity contribution is 0.157. The predicted octanol–water partition coefficient (Wildman–Crippen LogP) is 3.52. The predicted molar refractivity (Wildman–Crippen MR) is 81.0 cm³/mol. The van der Waals surface area contributed by atoms with Crippen molar-refractivity contribution in [3.63, 3.8) is 0 Å². The molecule has 0 aromatic rings. The van der Waals surface area contributed by atoms with Crippen LogP contribution in [0.4, 0.5) is 0 Å². The SMILES string of the molecule is CCC(CC)CN1CC(C(C)CC)NCCC1C. The van der Waals surface area contributed by atoms with E-state index in [1.54, 1.807) is 0 Å².